The highest BCUT2D eigenvalue weighted by atomic mass is 15.3. The van der Waals surface area contributed by atoms with Crippen LogP contribution in [0, 0.1) is 0 Å². The van der Waals surface area contributed by atoms with Crippen molar-refractivity contribution in [3.63, 3.8) is 0 Å². The predicted octanol–water partition coefficient (Wildman–Crippen LogP) is 5.66. The Labute approximate surface area is 180 Å². The lowest BCUT2D eigenvalue weighted by atomic mass is 9.96. The fraction of sp³-hybridized carbons (Fsp3) is 0.214. The Hall–Kier alpha value is -2.94. The highest BCUT2D eigenvalue weighted by Gasteiger charge is 2.25. The van der Waals surface area contributed by atoms with E-state index in [-0.39, 0.29) is 0 Å². The molecule has 0 saturated carbocycles. The molecule has 2 nitrogen and oxygen atoms in total. The van der Waals surface area contributed by atoms with E-state index in [9.17, 15) is 0 Å². The Morgan fingerprint density at radius 3 is 1.73 bits per heavy atom. The quantitative estimate of drug-likeness (QED) is 0.477. The van der Waals surface area contributed by atoms with Crippen molar-refractivity contribution >= 4 is 6.08 Å². The molecule has 0 amide bonds. The lowest BCUT2D eigenvalue weighted by molar-refractivity contribution is 0.117. The molecule has 1 aliphatic heterocycles. The van der Waals surface area contributed by atoms with Gasteiger partial charge >= 0.3 is 0 Å². The van der Waals surface area contributed by atoms with Crippen LogP contribution in [-0.4, -0.2) is 42.5 Å². The van der Waals surface area contributed by atoms with Gasteiger partial charge in [0.05, 0.1) is 6.04 Å². The summed E-state index contributed by atoms with van der Waals surface area (Å²) >= 11 is 0. The zero-order chi connectivity index (χ0) is 20.4. The predicted molar refractivity (Wildman–Crippen MR) is 127 cm³/mol. The summed E-state index contributed by atoms with van der Waals surface area (Å²) in [5.41, 5.74) is 4.00. The third-order valence-electron chi connectivity index (χ3n) is 5.70. The highest BCUT2D eigenvalue weighted by Crippen LogP contribution is 2.29. The number of benzene rings is 3. The summed E-state index contributed by atoms with van der Waals surface area (Å²) in [6.45, 7) is 5.38. The lowest BCUT2D eigenvalue weighted by Gasteiger charge is -2.39. The molecule has 3 aromatic carbocycles. The van der Waals surface area contributed by atoms with E-state index >= 15 is 0 Å². The molecule has 2 heteroatoms. The molecule has 152 valence electrons. The monoisotopic (exact) mass is 394 g/mol. The molecule has 1 aliphatic rings. The molecule has 1 fully saturated rings. The largest absolute Gasteiger partial charge is 0.297 e. The molecule has 30 heavy (non-hydrogen) atoms. The molecule has 0 unspecified atom stereocenters. The maximum absolute atomic E-state index is 2.63. The van der Waals surface area contributed by atoms with Gasteiger partial charge in [-0.2, -0.15) is 0 Å². The minimum absolute atomic E-state index is 0.332. The Bertz CT molecular complexity index is 885. The van der Waals surface area contributed by atoms with Crippen LogP contribution in [-0.2, 0) is 0 Å². The molecular weight excluding hydrogens is 364 g/mol. The van der Waals surface area contributed by atoms with E-state index in [4.69, 9.17) is 0 Å². The molecule has 0 N–H and O–H groups in total. The maximum atomic E-state index is 2.63. The molecule has 0 atom stereocenters. The van der Waals surface area contributed by atoms with Crippen molar-refractivity contribution in [1.29, 1.82) is 0 Å². The van der Waals surface area contributed by atoms with Gasteiger partial charge in [-0.15, -0.1) is 0 Å². The smallest absolute Gasteiger partial charge is 0.0602 e. The third kappa shape index (κ3) is 5.56. The van der Waals surface area contributed by atoms with Gasteiger partial charge in [-0.1, -0.05) is 115 Å². The van der Waals surface area contributed by atoms with Gasteiger partial charge in [0.15, 0.2) is 0 Å². The molecule has 0 aliphatic carbocycles. The molecule has 3 aromatic rings. The summed E-state index contributed by atoms with van der Waals surface area (Å²) < 4.78 is 0. The van der Waals surface area contributed by atoms with Gasteiger partial charge in [0, 0.05) is 32.7 Å². The summed E-state index contributed by atoms with van der Waals surface area (Å²) in [6, 6.07) is 32.6. The minimum atomic E-state index is 0.332. The van der Waals surface area contributed by atoms with Crippen LogP contribution in [0.4, 0.5) is 0 Å². The van der Waals surface area contributed by atoms with Gasteiger partial charge in [0.1, 0.15) is 0 Å². The van der Waals surface area contributed by atoms with E-state index in [1.165, 1.54) is 16.7 Å². The molecular formula is C28H30N2. The number of piperazine rings is 1. The number of rotatable bonds is 7. The normalized spacial score (nSPS) is 16.0. The molecule has 4 rings (SSSR count). The van der Waals surface area contributed by atoms with Crippen LogP contribution in [0.2, 0.25) is 0 Å². The molecule has 1 heterocycles. The van der Waals surface area contributed by atoms with Crippen LogP contribution < -0.4 is 0 Å². The van der Waals surface area contributed by atoms with Crippen LogP contribution in [0.25, 0.3) is 6.08 Å². The van der Waals surface area contributed by atoms with Gasteiger partial charge in [-0.05, 0) is 16.7 Å². The van der Waals surface area contributed by atoms with Gasteiger partial charge in [0.2, 0.25) is 0 Å². The summed E-state index contributed by atoms with van der Waals surface area (Å²) in [4.78, 5) is 5.16. The molecule has 0 bridgehead atoms. The first-order valence-corrected chi connectivity index (χ1v) is 10.8. The van der Waals surface area contributed by atoms with E-state index < -0.39 is 0 Å². The molecule has 1 saturated heterocycles. The van der Waals surface area contributed by atoms with Crippen molar-refractivity contribution in [2.24, 2.45) is 0 Å². The number of nitrogens with zero attached hydrogens (tertiary/aromatic N) is 2. The van der Waals surface area contributed by atoms with Crippen molar-refractivity contribution in [3.05, 3.63) is 126 Å². The van der Waals surface area contributed by atoms with Crippen LogP contribution in [0.15, 0.2) is 109 Å². The second-order valence-electron chi connectivity index (χ2n) is 7.76. The SMILES string of the molecule is C(/C=C/c1ccccc1)=C\CN1CCN(C(c2ccccc2)c2ccccc2)CC1. The second kappa shape index (κ2) is 10.7. The van der Waals surface area contributed by atoms with Gasteiger partial charge < -0.3 is 0 Å². The number of hydrogen-bond donors (Lipinski definition) is 0. The zero-order valence-electron chi connectivity index (χ0n) is 17.5. The maximum Gasteiger partial charge on any atom is 0.0602 e. The van der Waals surface area contributed by atoms with Gasteiger partial charge in [-0.3, -0.25) is 9.80 Å². The highest BCUT2D eigenvalue weighted by molar-refractivity contribution is 5.50. The van der Waals surface area contributed by atoms with Crippen molar-refractivity contribution in [1.82, 2.24) is 9.80 Å². The van der Waals surface area contributed by atoms with Crippen LogP contribution in [0.3, 0.4) is 0 Å². The Morgan fingerprint density at radius 1 is 0.633 bits per heavy atom. The van der Waals surface area contributed by atoms with Crippen LogP contribution in [0.5, 0.6) is 0 Å². The zero-order valence-corrected chi connectivity index (χ0v) is 17.5. The van der Waals surface area contributed by atoms with E-state index in [0.29, 0.717) is 6.04 Å². The Balaban J connectivity index is 1.33. The topological polar surface area (TPSA) is 6.48 Å². The first-order valence-electron chi connectivity index (χ1n) is 10.8. The van der Waals surface area contributed by atoms with Crippen molar-refractivity contribution in [3.8, 4) is 0 Å². The van der Waals surface area contributed by atoms with Crippen molar-refractivity contribution < 1.29 is 0 Å². The van der Waals surface area contributed by atoms with Gasteiger partial charge in [0.25, 0.3) is 0 Å². The van der Waals surface area contributed by atoms with Crippen LogP contribution in [0.1, 0.15) is 22.7 Å². The fourth-order valence-corrected chi connectivity index (χ4v) is 4.11. The average Bonchev–Trinajstić information content (AvgIpc) is 2.82. The number of hydrogen-bond acceptors (Lipinski definition) is 2. The van der Waals surface area contributed by atoms with E-state index in [1.54, 1.807) is 0 Å². The van der Waals surface area contributed by atoms with Crippen LogP contribution >= 0.6 is 0 Å². The van der Waals surface area contributed by atoms with Crippen molar-refractivity contribution in [2.75, 3.05) is 32.7 Å². The first kappa shape index (κ1) is 20.3. The number of allylic oxidation sites excluding steroid dienone is 2. The summed E-state index contributed by atoms with van der Waals surface area (Å²) in [6.07, 6.45) is 8.71. The summed E-state index contributed by atoms with van der Waals surface area (Å²) in [7, 11) is 0. The standard InChI is InChI=1S/C28H30N2/c1-5-13-25(14-6-1)15-7-4-12-20-29-21-23-30(24-22-29)28(26-16-8-2-9-17-26)27-18-10-3-11-19-27/h1-19,28H,20-24H2/b12-4+,15-7+. The van der Waals surface area contributed by atoms with Crippen molar-refractivity contribution in [2.45, 2.75) is 6.04 Å². The van der Waals surface area contributed by atoms with E-state index in [2.05, 4.69) is 119 Å². The summed E-state index contributed by atoms with van der Waals surface area (Å²) in [5, 5.41) is 0. The average molecular weight is 395 g/mol. The van der Waals surface area contributed by atoms with E-state index in [1.807, 2.05) is 6.07 Å². The second-order valence-corrected chi connectivity index (χ2v) is 7.76. The van der Waals surface area contributed by atoms with E-state index in [0.717, 1.165) is 32.7 Å². The summed E-state index contributed by atoms with van der Waals surface area (Å²) in [5.74, 6) is 0. The molecule has 0 radical (unpaired) electrons. The third-order valence-corrected chi connectivity index (χ3v) is 5.70. The van der Waals surface area contributed by atoms with Gasteiger partial charge in [-0.25, -0.2) is 0 Å². The minimum Gasteiger partial charge on any atom is -0.297 e. The molecule has 0 spiro atoms. The molecule has 0 aromatic heterocycles. The fourth-order valence-electron chi connectivity index (χ4n) is 4.11. The lowest BCUT2D eigenvalue weighted by Crippen LogP contribution is -2.47. The Morgan fingerprint density at radius 2 is 1.17 bits per heavy atom. The first-order chi connectivity index (χ1) is 14.9. The Kier molecular flexibility index (Phi) is 7.27.